The lowest BCUT2D eigenvalue weighted by atomic mass is 10.00. The summed E-state index contributed by atoms with van der Waals surface area (Å²) in [6.07, 6.45) is 7.04. The zero-order valence-electron chi connectivity index (χ0n) is 18.8. The third kappa shape index (κ3) is 3.95. The highest BCUT2D eigenvalue weighted by molar-refractivity contribution is 5.98. The second-order valence-corrected chi connectivity index (χ2v) is 7.80. The van der Waals surface area contributed by atoms with Gasteiger partial charge < -0.3 is 19.3 Å². The molecule has 1 saturated heterocycles. The molecule has 2 aromatic heterocycles. The Morgan fingerprint density at radius 1 is 1.12 bits per heavy atom. The Bertz CT molecular complexity index is 1100. The number of likely N-dealkylation sites (tertiary alicyclic amines) is 1. The van der Waals surface area contributed by atoms with E-state index in [-0.39, 0.29) is 11.9 Å². The van der Waals surface area contributed by atoms with E-state index >= 15 is 0 Å². The summed E-state index contributed by atoms with van der Waals surface area (Å²) < 4.78 is 10.9. The summed E-state index contributed by atoms with van der Waals surface area (Å²) in [6, 6.07) is 9.05. The molecule has 1 aliphatic rings. The fraction of sp³-hybridized carbons (Fsp3) is 0.333. The molecule has 1 amide bonds. The minimum atomic E-state index is -0.178. The summed E-state index contributed by atoms with van der Waals surface area (Å²) in [5.74, 6) is 1.48. The number of amides is 1. The smallest absolute Gasteiger partial charge is 0.258 e. The van der Waals surface area contributed by atoms with E-state index < -0.39 is 0 Å². The van der Waals surface area contributed by atoms with Gasteiger partial charge >= 0.3 is 0 Å². The van der Waals surface area contributed by atoms with Gasteiger partial charge in [0.2, 0.25) is 5.95 Å². The predicted octanol–water partition coefficient (Wildman–Crippen LogP) is 3.60. The minimum absolute atomic E-state index is 0.103. The molecule has 0 N–H and O–H groups in total. The van der Waals surface area contributed by atoms with Crippen LogP contribution < -0.4 is 14.4 Å². The summed E-state index contributed by atoms with van der Waals surface area (Å²) in [7, 11) is 6.93. The number of ether oxygens (including phenoxy) is 2. The van der Waals surface area contributed by atoms with Crippen molar-refractivity contribution in [2.45, 2.75) is 18.9 Å². The Kier molecular flexibility index (Phi) is 6.20. The van der Waals surface area contributed by atoms with Gasteiger partial charge in [-0.1, -0.05) is 6.07 Å². The number of aromatic nitrogens is 3. The summed E-state index contributed by atoms with van der Waals surface area (Å²) in [5.41, 5.74) is 3.19. The molecule has 3 heterocycles. The minimum Gasteiger partial charge on any atom is -0.493 e. The highest BCUT2D eigenvalue weighted by Crippen LogP contribution is 2.40. The number of para-hydroxylation sites is 1. The number of hydrogen-bond donors (Lipinski definition) is 0. The van der Waals surface area contributed by atoms with E-state index in [1.807, 2.05) is 42.2 Å². The van der Waals surface area contributed by atoms with Crippen molar-refractivity contribution in [1.29, 1.82) is 0 Å². The number of carbonyl (C=O) groups excluding carboxylic acids is 1. The molecule has 0 aliphatic carbocycles. The quantitative estimate of drug-likeness (QED) is 0.588. The van der Waals surface area contributed by atoms with Crippen LogP contribution in [0.5, 0.6) is 11.5 Å². The number of pyridine rings is 1. The molecule has 0 saturated carbocycles. The zero-order chi connectivity index (χ0) is 22.7. The van der Waals surface area contributed by atoms with Gasteiger partial charge in [-0.05, 0) is 42.7 Å². The van der Waals surface area contributed by atoms with Gasteiger partial charge in [-0.3, -0.25) is 9.78 Å². The number of benzene rings is 1. The van der Waals surface area contributed by atoms with Gasteiger partial charge in [-0.25, -0.2) is 9.97 Å². The first-order valence-electron chi connectivity index (χ1n) is 10.5. The van der Waals surface area contributed by atoms with Crippen LogP contribution in [-0.4, -0.2) is 60.6 Å². The maximum Gasteiger partial charge on any atom is 0.258 e. The van der Waals surface area contributed by atoms with Crippen molar-refractivity contribution in [1.82, 2.24) is 19.9 Å². The van der Waals surface area contributed by atoms with Crippen LogP contribution in [0.2, 0.25) is 0 Å². The lowest BCUT2D eigenvalue weighted by Gasteiger charge is -2.27. The van der Waals surface area contributed by atoms with E-state index in [2.05, 4.69) is 9.97 Å². The van der Waals surface area contributed by atoms with Crippen molar-refractivity contribution < 1.29 is 14.3 Å². The number of anilines is 1. The zero-order valence-corrected chi connectivity index (χ0v) is 18.8. The highest BCUT2D eigenvalue weighted by Gasteiger charge is 2.35. The molecule has 8 heteroatoms. The SMILES string of the molecule is COc1cccc(C(=O)N2CCC[C@H]2c2nc(N(C)C)ncc2-c2ccncc2)c1OC. The fourth-order valence-electron chi connectivity index (χ4n) is 4.11. The van der Waals surface area contributed by atoms with Crippen molar-refractivity contribution in [3.63, 3.8) is 0 Å². The first-order chi connectivity index (χ1) is 15.5. The third-order valence-electron chi connectivity index (χ3n) is 5.66. The molecule has 8 nitrogen and oxygen atoms in total. The predicted molar refractivity (Wildman–Crippen MR) is 122 cm³/mol. The van der Waals surface area contributed by atoms with Crippen molar-refractivity contribution in [2.75, 3.05) is 39.8 Å². The molecule has 0 spiro atoms. The first-order valence-corrected chi connectivity index (χ1v) is 10.5. The van der Waals surface area contributed by atoms with Gasteiger partial charge in [0.25, 0.3) is 5.91 Å². The lowest BCUT2D eigenvalue weighted by molar-refractivity contribution is 0.0729. The van der Waals surface area contributed by atoms with Gasteiger partial charge in [0.15, 0.2) is 11.5 Å². The molecule has 0 radical (unpaired) electrons. The summed E-state index contributed by atoms with van der Waals surface area (Å²) in [6.45, 7) is 0.640. The first kappa shape index (κ1) is 21.5. The van der Waals surface area contributed by atoms with Crippen molar-refractivity contribution >= 4 is 11.9 Å². The summed E-state index contributed by atoms with van der Waals surface area (Å²) >= 11 is 0. The van der Waals surface area contributed by atoms with Crippen LogP contribution in [0.3, 0.4) is 0 Å². The number of carbonyl (C=O) groups is 1. The van der Waals surface area contributed by atoms with Gasteiger partial charge in [-0.15, -0.1) is 0 Å². The van der Waals surface area contributed by atoms with Crippen molar-refractivity contribution in [3.05, 3.63) is 60.2 Å². The number of hydrogen-bond acceptors (Lipinski definition) is 7. The average molecular weight is 434 g/mol. The van der Waals surface area contributed by atoms with Crippen LogP contribution in [0.1, 0.15) is 34.9 Å². The molecule has 0 bridgehead atoms. The van der Waals surface area contributed by atoms with Crippen molar-refractivity contribution in [2.24, 2.45) is 0 Å². The van der Waals surface area contributed by atoms with Crippen LogP contribution in [0.15, 0.2) is 48.9 Å². The number of nitrogens with zero attached hydrogens (tertiary/aromatic N) is 5. The molecule has 166 valence electrons. The molecule has 1 fully saturated rings. The van der Waals surface area contributed by atoms with Gasteiger partial charge in [0.1, 0.15) is 0 Å². The normalized spacial score (nSPS) is 15.5. The maximum atomic E-state index is 13.7. The number of rotatable bonds is 6. The standard InChI is InChI=1S/C24H27N5O3/c1-28(2)24-26-15-18(16-10-12-25-13-11-16)21(27-24)19-8-6-14-29(19)23(30)17-7-5-9-20(31-3)22(17)32-4/h5,7,9-13,15,19H,6,8,14H2,1-4H3/t19-/m0/s1. The van der Waals surface area contributed by atoms with E-state index in [4.69, 9.17) is 14.5 Å². The molecule has 3 aromatic rings. The molecular formula is C24H27N5O3. The monoisotopic (exact) mass is 433 g/mol. The van der Waals surface area contributed by atoms with Gasteiger partial charge in [0.05, 0.1) is 31.5 Å². The van der Waals surface area contributed by atoms with Gasteiger partial charge in [0, 0.05) is 44.8 Å². The molecule has 4 rings (SSSR count). The Balaban J connectivity index is 1.79. The molecule has 32 heavy (non-hydrogen) atoms. The lowest BCUT2D eigenvalue weighted by Crippen LogP contribution is -2.32. The Morgan fingerprint density at radius 2 is 1.91 bits per heavy atom. The second kappa shape index (κ2) is 9.21. The van der Waals surface area contributed by atoms with Crippen LogP contribution in [0, 0.1) is 0 Å². The van der Waals surface area contributed by atoms with Crippen molar-refractivity contribution in [3.8, 4) is 22.6 Å². The largest absolute Gasteiger partial charge is 0.493 e. The van der Waals surface area contributed by atoms with Crippen LogP contribution in [0.4, 0.5) is 5.95 Å². The summed E-state index contributed by atoms with van der Waals surface area (Å²) in [4.78, 5) is 30.9. The van der Waals surface area contributed by atoms with Gasteiger partial charge in [-0.2, -0.15) is 0 Å². The molecule has 0 unspecified atom stereocenters. The average Bonchev–Trinajstić information content (AvgIpc) is 3.33. The molecular weight excluding hydrogens is 406 g/mol. The fourth-order valence-corrected chi connectivity index (χ4v) is 4.11. The maximum absolute atomic E-state index is 13.7. The Labute approximate surface area is 187 Å². The van der Waals surface area contributed by atoms with Crippen LogP contribution in [-0.2, 0) is 0 Å². The topological polar surface area (TPSA) is 80.7 Å². The van der Waals surface area contributed by atoms with E-state index in [0.29, 0.717) is 29.6 Å². The van der Waals surface area contributed by atoms with E-state index in [1.54, 1.807) is 44.8 Å². The van der Waals surface area contributed by atoms with Crippen LogP contribution in [0.25, 0.3) is 11.1 Å². The molecule has 1 aromatic carbocycles. The van der Waals surface area contributed by atoms with E-state index in [9.17, 15) is 4.79 Å². The molecule has 1 atom stereocenters. The number of methoxy groups -OCH3 is 2. The summed E-state index contributed by atoms with van der Waals surface area (Å²) in [5, 5.41) is 0. The highest BCUT2D eigenvalue weighted by atomic mass is 16.5. The second-order valence-electron chi connectivity index (χ2n) is 7.80. The third-order valence-corrected chi connectivity index (χ3v) is 5.66. The van der Waals surface area contributed by atoms with E-state index in [1.165, 1.54) is 0 Å². The van der Waals surface area contributed by atoms with Crippen LogP contribution >= 0.6 is 0 Å². The Hall–Kier alpha value is -3.68. The Morgan fingerprint density at radius 3 is 2.59 bits per heavy atom. The van der Waals surface area contributed by atoms with E-state index in [0.717, 1.165) is 29.7 Å². The molecule has 1 aliphatic heterocycles.